The number of benzene rings is 1. The van der Waals surface area contributed by atoms with Gasteiger partial charge in [0.2, 0.25) is 11.8 Å². The number of aromatic nitrogens is 1. The number of halogens is 2. The summed E-state index contributed by atoms with van der Waals surface area (Å²) in [6.07, 6.45) is 4.10. The summed E-state index contributed by atoms with van der Waals surface area (Å²) in [5.74, 6) is -1.45. The van der Waals surface area contributed by atoms with Gasteiger partial charge in [0.15, 0.2) is 0 Å². The highest BCUT2D eigenvalue weighted by Crippen LogP contribution is 2.29. The van der Waals surface area contributed by atoms with Gasteiger partial charge in [-0.15, -0.1) is 0 Å². The molecule has 0 aliphatic heterocycles. The molecular formula is C20H21F2N3O3. The van der Waals surface area contributed by atoms with Crippen molar-refractivity contribution in [2.45, 2.75) is 25.8 Å². The summed E-state index contributed by atoms with van der Waals surface area (Å²) in [5.41, 5.74) is 0.557. The number of ether oxygens (including phenoxy) is 1. The van der Waals surface area contributed by atoms with E-state index >= 15 is 0 Å². The molecular weight excluding hydrogens is 368 g/mol. The Hall–Kier alpha value is -3.03. The summed E-state index contributed by atoms with van der Waals surface area (Å²) < 4.78 is 31.9. The van der Waals surface area contributed by atoms with Crippen molar-refractivity contribution in [3.8, 4) is 5.88 Å². The average Bonchev–Trinajstić information content (AvgIpc) is 3.50. The quantitative estimate of drug-likeness (QED) is 0.691. The first-order valence-corrected chi connectivity index (χ1v) is 9.09. The Morgan fingerprint density at radius 2 is 1.96 bits per heavy atom. The van der Waals surface area contributed by atoms with Gasteiger partial charge in [0, 0.05) is 37.8 Å². The first-order chi connectivity index (χ1) is 13.5. The zero-order valence-electron chi connectivity index (χ0n) is 15.2. The van der Waals surface area contributed by atoms with E-state index in [0.29, 0.717) is 31.0 Å². The molecule has 2 aromatic rings. The molecule has 0 spiro atoms. The summed E-state index contributed by atoms with van der Waals surface area (Å²) in [4.78, 5) is 27.9. The van der Waals surface area contributed by atoms with Crippen LogP contribution in [0.2, 0.25) is 0 Å². The zero-order chi connectivity index (χ0) is 19.9. The molecule has 1 aromatic carbocycles. The Bertz CT molecular complexity index is 839. The average molecular weight is 389 g/mol. The number of pyridine rings is 1. The predicted molar refractivity (Wildman–Crippen MR) is 97.6 cm³/mol. The molecule has 1 aliphatic carbocycles. The van der Waals surface area contributed by atoms with Crippen molar-refractivity contribution in [2.75, 3.05) is 13.2 Å². The number of amides is 2. The number of nitrogens with zero attached hydrogens (tertiary/aromatic N) is 1. The maximum Gasteiger partial charge on any atom is 0.254 e. The lowest BCUT2D eigenvalue weighted by atomic mass is 10.2. The summed E-state index contributed by atoms with van der Waals surface area (Å²) in [7, 11) is 0. The van der Waals surface area contributed by atoms with Crippen molar-refractivity contribution < 1.29 is 23.1 Å². The van der Waals surface area contributed by atoms with Crippen LogP contribution in [0.4, 0.5) is 8.78 Å². The van der Waals surface area contributed by atoms with E-state index in [0.717, 1.165) is 17.7 Å². The second-order valence-corrected chi connectivity index (χ2v) is 6.67. The third kappa shape index (κ3) is 6.00. The Labute approximate surface area is 161 Å². The predicted octanol–water partition coefficient (Wildman–Crippen LogP) is 2.58. The molecule has 0 saturated heterocycles. The Morgan fingerprint density at radius 1 is 1.14 bits per heavy atom. The summed E-state index contributed by atoms with van der Waals surface area (Å²) >= 11 is 0. The lowest BCUT2D eigenvalue weighted by Crippen LogP contribution is -2.31. The van der Waals surface area contributed by atoms with Crippen LogP contribution in [0.3, 0.4) is 0 Å². The normalized spacial score (nSPS) is 13.1. The molecule has 3 rings (SSSR count). The van der Waals surface area contributed by atoms with Crippen LogP contribution in [0.15, 0.2) is 36.5 Å². The highest BCUT2D eigenvalue weighted by molar-refractivity contribution is 5.94. The molecule has 148 valence electrons. The number of hydrogen-bond acceptors (Lipinski definition) is 4. The highest BCUT2D eigenvalue weighted by Gasteiger charge is 2.22. The fraction of sp³-hybridized carbons (Fsp3) is 0.350. The van der Waals surface area contributed by atoms with E-state index < -0.39 is 17.5 Å². The van der Waals surface area contributed by atoms with Crippen LogP contribution < -0.4 is 15.4 Å². The van der Waals surface area contributed by atoms with Gasteiger partial charge >= 0.3 is 0 Å². The fourth-order valence-corrected chi connectivity index (χ4v) is 2.44. The lowest BCUT2D eigenvalue weighted by molar-refractivity contribution is -0.121. The minimum atomic E-state index is -0.945. The minimum Gasteiger partial charge on any atom is -0.477 e. The van der Waals surface area contributed by atoms with Gasteiger partial charge in [-0.3, -0.25) is 9.59 Å². The Kier molecular flexibility index (Phi) is 6.52. The van der Waals surface area contributed by atoms with E-state index in [1.165, 1.54) is 12.8 Å². The van der Waals surface area contributed by atoms with Crippen molar-refractivity contribution in [1.82, 2.24) is 15.6 Å². The van der Waals surface area contributed by atoms with E-state index in [4.69, 9.17) is 4.74 Å². The Morgan fingerprint density at radius 3 is 2.64 bits per heavy atom. The van der Waals surface area contributed by atoms with Crippen LogP contribution in [-0.2, 0) is 11.3 Å². The van der Waals surface area contributed by atoms with Crippen LogP contribution >= 0.6 is 0 Å². The minimum absolute atomic E-state index is 0.0323. The van der Waals surface area contributed by atoms with Gasteiger partial charge in [-0.05, 0) is 36.5 Å². The van der Waals surface area contributed by atoms with Gasteiger partial charge in [-0.1, -0.05) is 6.07 Å². The number of carbonyl (C=O) groups excluding carboxylic acids is 2. The van der Waals surface area contributed by atoms with E-state index in [9.17, 15) is 18.4 Å². The molecule has 0 unspecified atom stereocenters. The van der Waals surface area contributed by atoms with Gasteiger partial charge in [-0.25, -0.2) is 13.8 Å². The fourth-order valence-electron chi connectivity index (χ4n) is 2.44. The molecule has 1 aromatic heterocycles. The molecule has 0 bridgehead atoms. The first kappa shape index (κ1) is 19.7. The number of nitrogens with one attached hydrogen (secondary N) is 2. The topological polar surface area (TPSA) is 80.3 Å². The van der Waals surface area contributed by atoms with E-state index in [1.54, 1.807) is 12.3 Å². The van der Waals surface area contributed by atoms with E-state index in [-0.39, 0.29) is 24.4 Å². The van der Waals surface area contributed by atoms with Crippen molar-refractivity contribution in [3.05, 3.63) is 59.3 Å². The van der Waals surface area contributed by atoms with Crippen LogP contribution in [0.1, 0.15) is 35.2 Å². The van der Waals surface area contributed by atoms with Crippen LogP contribution in [-0.4, -0.2) is 29.9 Å². The first-order valence-electron chi connectivity index (χ1n) is 9.09. The number of carbonyl (C=O) groups is 2. The molecule has 0 atom stereocenters. The molecule has 28 heavy (non-hydrogen) atoms. The smallest absolute Gasteiger partial charge is 0.254 e. The molecule has 8 heteroatoms. The largest absolute Gasteiger partial charge is 0.477 e. The van der Waals surface area contributed by atoms with Gasteiger partial charge < -0.3 is 15.4 Å². The van der Waals surface area contributed by atoms with Gasteiger partial charge in [-0.2, -0.15) is 0 Å². The van der Waals surface area contributed by atoms with Gasteiger partial charge in [0.05, 0.1) is 12.2 Å². The molecule has 2 N–H and O–H groups in total. The summed E-state index contributed by atoms with van der Waals surface area (Å²) in [6, 6.07) is 6.29. The third-order valence-electron chi connectivity index (χ3n) is 4.26. The zero-order valence-corrected chi connectivity index (χ0v) is 15.2. The van der Waals surface area contributed by atoms with Gasteiger partial charge in [0.25, 0.3) is 5.91 Å². The maximum atomic E-state index is 13.5. The standard InChI is InChI=1S/C20H21F2N3O3/c21-15-4-5-16(17(22)9-15)20(27)23-8-7-18(26)24-10-14-3-6-19(25-11-14)28-12-13-1-2-13/h3-6,9,11,13H,1-2,7-8,10,12H2,(H,23,27)(H,24,26). The number of rotatable bonds is 9. The Balaban J connectivity index is 1.35. The summed E-state index contributed by atoms with van der Waals surface area (Å²) in [5, 5.41) is 5.15. The second kappa shape index (κ2) is 9.25. The summed E-state index contributed by atoms with van der Waals surface area (Å²) in [6.45, 7) is 1.03. The molecule has 1 fully saturated rings. The molecule has 2 amide bonds. The van der Waals surface area contributed by atoms with E-state index in [2.05, 4.69) is 15.6 Å². The molecule has 1 aliphatic rings. The highest BCUT2D eigenvalue weighted by atomic mass is 19.1. The molecule has 1 heterocycles. The van der Waals surface area contributed by atoms with Gasteiger partial charge in [0.1, 0.15) is 11.6 Å². The van der Waals surface area contributed by atoms with Crippen molar-refractivity contribution >= 4 is 11.8 Å². The van der Waals surface area contributed by atoms with E-state index in [1.807, 2.05) is 6.07 Å². The molecule has 6 nitrogen and oxygen atoms in total. The van der Waals surface area contributed by atoms with Crippen molar-refractivity contribution in [1.29, 1.82) is 0 Å². The second-order valence-electron chi connectivity index (χ2n) is 6.67. The third-order valence-corrected chi connectivity index (χ3v) is 4.26. The lowest BCUT2D eigenvalue weighted by Gasteiger charge is -2.08. The SMILES string of the molecule is O=C(CCNC(=O)c1ccc(F)cc1F)NCc1ccc(OCC2CC2)nc1. The molecule has 0 radical (unpaired) electrons. The van der Waals surface area contributed by atoms with Crippen LogP contribution in [0.25, 0.3) is 0 Å². The van der Waals surface area contributed by atoms with Crippen LogP contribution in [0, 0.1) is 17.6 Å². The monoisotopic (exact) mass is 389 g/mol. The molecule has 1 saturated carbocycles. The van der Waals surface area contributed by atoms with Crippen molar-refractivity contribution in [3.63, 3.8) is 0 Å². The number of hydrogen-bond donors (Lipinski definition) is 2. The van der Waals surface area contributed by atoms with Crippen LogP contribution in [0.5, 0.6) is 5.88 Å². The van der Waals surface area contributed by atoms with Crippen molar-refractivity contribution in [2.24, 2.45) is 5.92 Å². The maximum absolute atomic E-state index is 13.5.